The van der Waals surface area contributed by atoms with Gasteiger partial charge < -0.3 is 21.5 Å². The molecule has 0 aromatic heterocycles. The number of hydrogen-bond acceptors (Lipinski definition) is 4. The van der Waals surface area contributed by atoms with Crippen LogP contribution in [0.2, 0.25) is 0 Å². The maximum atomic E-state index is 11.9. The van der Waals surface area contributed by atoms with Crippen molar-refractivity contribution in [1.82, 2.24) is 0 Å². The van der Waals surface area contributed by atoms with E-state index in [0.29, 0.717) is 22.6 Å². The summed E-state index contributed by atoms with van der Waals surface area (Å²) in [5.41, 5.74) is 12.6. The van der Waals surface area contributed by atoms with Crippen molar-refractivity contribution < 1.29 is 9.53 Å². The molecule has 0 aliphatic heterocycles. The molecule has 0 radical (unpaired) electrons. The fraction of sp³-hybridized carbons (Fsp3) is 0.118. The van der Waals surface area contributed by atoms with Gasteiger partial charge in [-0.1, -0.05) is 12.1 Å². The molecule has 7 heteroatoms. The van der Waals surface area contributed by atoms with Crippen molar-refractivity contribution in [2.45, 2.75) is 6.42 Å². The van der Waals surface area contributed by atoms with E-state index in [1.54, 1.807) is 48.5 Å². The van der Waals surface area contributed by atoms with Crippen LogP contribution in [0.25, 0.3) is 0 Å². The Kier molecular flexibility index (Phi) is 5.51. The Labute approximate surface area is 139 Å². The lowest BCUT2D eigenvalue weighted by Gasteiger charge is -2.09. The first-order valence-electron chi connectivity index (χ1n) is 7.27. The molecule has 0 bridgehead atoms. The number of benzene rings is 2. The summed E-state index contributed by atoms with van der Waals surface area (Å²) in [4.78, 5) is 11.9. The summed E-state index contributed by atoms with van der Waals surface area (Å²) in [5.74, 6) is 0.316. The number of carbonyl (C=O) groups excluding carboxylic acids is 1. The van der Waals surface area contributed by atoms with Crippen molar-refractivity contribution in [3.8, 4) is 5.75 Å². The zero-order valence-corrected chi connectivity index (χ0v) is 13.0. The predicted octanol–water partition coefficient (Wildman–Crippen LogP) is 1.66. The lowest BCUT2D eigenvalue weighted by atomic mass is 10.2. The summed E-state index contributed by atoms with van der Waals surface area (Å²) in [6.45, 7) is 0.207. The number of anilines is 1. The van der Waals surface area contributed by atoms with Crippen LogP contribution in [0.15, 0.2) is 48.5 Å². The van der Waals surface area contributed by atoms with Gasteiger partial charge in [-0.25, -0.2) is 0 Å². The lowest BCUT2D eigenvalue weighted by molar-refractivity contribution is -0.116. The molecule has 0 fully saturated rings. The maximum Gasteiger partial charge on any atom is 0.227 e. The second kappa shape index (κ2) is 7.77. The minimum atomic E-state index is -0.187. The van der Waals surface area contributed by atoms with Crippen LogP contribution in [0.3, 0.4) is 0 Å². The second-order valence-electron chi connectivity index (χ2n) is 5.08. The SMILES string of the molecule is N=C(N)c1ccc(NC(=O)CCOc2cccc(C(=N)N)c2)cc1. The van der Waals surface area contributed by atoms with Gasteiger partial charge in [0.25, 0.3) is 0 Å². The number of carbonyl (C=O) groups is 1. The van der Waals surface area contributed by atoms with Gasteiger partial charge in [0, 0.05) is 16.8 Å². The summed E-state index contributed by atoms with van der Waals surface area (Å²) >= 11 is 0. The molecule has 0 aliphatic carbocycles. The zero-order valence-electron chi connectivity index (χ0n) is 13.0. The quantitative estimate of drug-likeness (QED) is 0.390. The summed E-state index contributed by atoms with van der Waals surface area (Å²) < 4.78 is 5.50. The molecule has 0 spiro atoms. The first-order chi connectivity index (χ1) is 11.5. The molecular formula is C17H19N5O2. The molecule has 0 saturated heterocycles. The van der Waals surface area contributed by atoms with E-state index in [2.05, 4.69) is 5.32 Å². The van der Waals surface area contributed by atoms with E-state index in [-0.39, 0.29) is 30.6 Å². The topological polar surface area (TPSA) is 138 Å². The Morgan fingerprint density at radius 2 is 1.67 bits per heavy atom. The first kappa shape index (κ1) is 17.0. The number of rotatable bonds is 7. The third-order valence-electron chi connectivity index (χ3n) is 3.22. The van der Waals surface area contributed by atoms with Crippen molar-refractivity contribution >= 4 is 23.3 Å². The Hall–Kier alpha value is -3.35. The van der Waals surface area contributed by atoms with Gasteiger partial charge in [-0.15, -0.1) is 0 Å². The van der Waals surface area contributed by atoms with Gasteiger partial charge in [0.15, 0.2) is 0 Å². The third-order valence-corrected chi connectivity index (χ3v) is 3.22. The Morgan fingerprint density at radius 3 is 2.29 bits per heavy atom. The first-order valence-corrected chi connectivity index (χ1v) is 7.27. The van der Waals surface area contributed by atoms with Crippen molar-refractivity contribution in [2.24, 2.45) is 11.5 Å². The van der Waals surface area contributed by atoms with Gasteiger partial charge in [0.05, 0.1) is 13.0 Å². The number of ether oxygens (including phenoxy) is 1. The number of hydrogen-bond donors (Lipinski definition) is 5. The lowest BCUT2D eigenvalue weighted by Crippen LogP contribution is -2.16. The zero-order chi connectivity index (χ0) is 17.5. The second-order valence-corrected chi connectivity index (χ2v) is 5.08. The average Bonchev–Trinajstić information content (AvgIpc) is 2.55. The van der Waals surface area contributed by atoms with Crippen LogP contribution in [0, 0.1) is 10.8 Å². The van der Waals surface area contributed by atoms with E-state index < -0.39 is 0 Å². The van der Waals surface area contributed by atoms with E-state index in [1.165, 1.54) is 0 Å². The molecule has 0 aliphatic rings. The summed E-state index contributed by atoms with van der Waals surface area (Å²) in [6, 6.07) is 13.6. The number of nitrogens with two attached hydrogens (primary N) is 2. The minimum absolute atomic E-state index is 0.0194. The number of amides is 1. The molecule has 2 aromatic rings. The van der Waals surface area contributed by atoms with Gasteiger partial charge in [0.2, 0.25) is 5.91 Å². The van der Waals surface area contributed by atoms with Gasteiger partial charge in [0.1, 0.15) is 17.4 Å². The number of nitrogens with one attached hydrogen (secondary N) is 3. The third kappa shape index (κ3) is 4.84. The van der Waals surface area contributed by atoms with E-state index in [0.717, 1.165) is 0 Å². The van der Waals surface area contributed by atoms with Crippen LogP contribution in [0.1, 0.15) is 17.5 Å². The fourth-order valence-corrected chi connectivity index (χ4v) is 1.97. The molecule has 24 heavy (non-hydrogen) atoms. The Balaban J connectivity index is 1.82. The van der Waals surface area contributed by atoms with Crippen LogP contribution in [-0.2, 0) is 4.79 Å². The maximum absolute atomic E-state index is 11.9. The van der Waals surface area contributed by atoms with E-state index in [1.807, 2.05) is 0 Å². The average molecular weight is 325 g/mol. The fourth-order valence-electron chi connectivity index (χ4n) is 1.97. The largest absolute Gasteiger partial charge is 0.493 e. The highest BCUT2D eigenvalue weighted by Crippen LogP contribution is 2.13. The van der Waals surface area contributed by atoms with Gasteiger partial charge in [-0.2, -0.15) is 0 Å². The van der Waals surface area contributed by atoms with Gasteiger partial charge in [-0.05, 0) is 36.4 Å². The molecule has 7 N–H and O–H groups in total. The van der Waals surface area contributed by atoms with Crippen molar-refractivity contribution in [1.29, 1.82) is 10.8 Å². The highest BCUT2D eigenvalue weighted by molar-refractivity contribution is 5.96. The molecule has 124 valence electrons. The van der Waals surface area contributed by atoms with Crippen LogP contribution in [0.5, 0.6) is 5.75 Å². The highest BCUT2D eigenvalue weighted by Gasteiger charge is 2.05. The molecule has 0 saturated carbocycles. The summed E-state index contributed by atoms with van der Waals surface area (Å²) in [6.07, 6.45) is 0.179. The molecular weight excluding hydrogens is 306 g/mol. The number of amidine groups is 2. The van der Waals surface area contributed by atoms with Gasteiger partial charge in [-0.3, -0.25) is 15.6 Å². The van der Waals surface area contributed by atoms with Crippen LogP contribution >= 0.6 is 0 Å². The molecule has 0 heterocycles. The molecule has 7 nitrogen and oxygen atoms in total. The Morgan fingerprint density at radius 1 is 1.00 bits per heavy atom. The van der Waals surface area contributed by atoms with E-state index in [4.69, 9.17) is 27.0 Å². The smallest absolute Gasteiger partial charge is 0.227 e. The van der Waals surface area contributed by atoms with Crippen LogP contribution in [-0.4, -0.2) is 24.2 Å². The van der Waals surface area contributed by atoms with Crippen molar-refractivity contribution in [2.75, 3.05) is 11.9 Å². The Bertz CT molecular complexity index is 756. The molecule has 2 aromatic carbocycles. The standard InChI is InChI=1S/C17H19N5O2/c18-16(19)11-4-6-13(7-5-11)22-15(23)8-9-24-14-3-1-2-12(10-14)17(20)21/h1-7,10H,8-9H2,(H3,18,19)(H3,20,21)(H,22,23). The predicted molar refractivity (Wildman–Crippen MR) is 93.7 cm³/mol. The molecule has 0 unspecified atom stereocenters. The van der Waals surface area contributed by atoms with Crippen molar-refractivity contribution in [3.63, 3.8) is 0 Å². The molecule has 0 atom stereocenters. The van der Waals surface area contributed by atoms with Crippen LogP contribution < -0.4 is 21.5 Å². The summed E-state index contributed by atoms with van der Waals surface area (Å²) in [5, 5.41) is 17.4. The van der Waals surface area contributed by atoms with Crippen LogP contribution in [0.4, 0.5) is 5.69 Å². The normalized spacial score (nSPS) is 10.0. The number of nitrogen functional groups attached to an aromatic ring is 2. The summed E-state index contributed by atoms with van der Waals surface area (Å²) in [7, 11) is 0. The van der Waals surface area contributed by atoms with Crippen molar-refractivity contribution in [3.05, 3.63) is 59.7 Å². The van der Waals surface area contributed by atoms with E-state index >= 15 is 0 Å². The van der Waals surface area contributed by atoms with E-state index in [9.17, 15) is 4.79 Å². The minimum Gasteiger partial charge on any atom is -0.493 e. The monoisotopic (exact) mass is 325 g/mol. The highest BCUT2D eigenvalue weighted by atomic mass is 16.5. The molecule has 1 amide bonds. The van der Waals surface area contributed by atoms with Gasteiger partial charge >= 0.3 is 0 Å². The molecule has 2 rings (SSSR count).